The van der Waals surface area contributed by atoms with E-state index in [4.69, 9.17) is 9.47 Å². The van der Waals surface area contributed by atoms with Crippen molar-refractivity contribution in [2.75, 3.05) is 25.2 Å². The molecule has 0 spiro atoms. The van der Waals surface area contributed by atoms with Gasteiger partial charge in [-0.3, -0.25) is 4.79 Å². The quantitative estimate of drug-likeness (QED) is 0.569. The van der Waals surface area contributed by atoms with Gasteiger partial charge in [0.25, 0.3) is 5.91 Å². The van der Waals surface area contributed by atoms with Crippen LogP contribution in [0.2, 0.25) is 0 Å². The number of hydrogen-bond acceptors (Lipinski definition) is 8. The summed E-state index contributed by atoms with van der Waals surface area (Å²) >= 11 is 1.20. The zero-order chi connectivity index (χ0) is 22.8. The van der Waals surface area contributed by atoms with Crippen LogP contribution in [0.1, 0.15) is 39.1 Å². The Kier molecular flexibility index (Phi) is 6.00. The van der Waals surface area contributed by atoms with Crippen LogP contribution in [-0.2, 0) is 15.8 Å². The van der Waals surface area contributed by atoms with Gasteiger partial charge in [0, 0.05) is 30.8 Å². The molecule has 172 valence electrons. The van der Waals surface area contributed by atoms with Crippen molar-refractivity contribution in [3.63, 3.8) is 0 Å². The second-order valence-corrected chi connectivity index (χ2v) is 10.9. The van der Waals surface area contributed by atoms with Crippen molar-refractivity contribution in [1.29, 1.82) is 0 Å². The summed E-state index contributed by atoms with van der Waals surface area (Å²) in [4.78, 5) is 12.7. The number of piperidine rings is 1. The number of sulfonamides is 1. The molecule has 1 amide bonds. The summed E-state index contributed by atoms with van der Waals surface area (Å²) in [6.45, 7) is 0.988. The number of aromatic nitrogens is 2. The topological polar surface area (TPSA) is 111 Å². The third-order valence-corrected chi connectivity index (χ3v) is 8.49. The zero-order valence-electron chi connectivity index (χ0n) is 17.6. The number of nitrogens with one attached hydrogen (secondary N) is 1. The molecule has 1 fully saturated rings. The molecule has 0 bridgehead atoms. The van der Waals surface area contributed by atoms with E-state index < -0.39 is 10.0 Å². The van der Waals surface area contributed by atoms with Crippen molar-refractivity contribution < 1.29 is 22.7 Å². The summed E-state index contributed by atoms with van der Waals surface area (Å²) in [6, 6.07) is 14.3. The average molecular weight is 487 g/mol. The van der Waals surface area contributed by atoms with Crippen LogP contribution in [0.3, 0.4) is 0 Å². The Balaban J connectivity index is 1.25. The maximum Gasteiger partial charge on any atom is 0.286 e. The summed E-state index contributed by atoms with van der Waals surface area (Å²) in [7, 11) is -3.44. The lowest BCUT2D eigenvalue weighted by Crippen LogP contribution is -2.39. The largest absolute Gasteiger partial charge is 0.454 e. The van der Waals surface area contributed by atoms with Gasteiger partial charge in [-0.15, -0.1) is 10.2 Å². The van der Waals surface area contributed by atoms with Gasteiger partial charge in [0.15, 0.2) is 11.5 Å². The van der Waals surface area contributed by atoms with Crippen LogP contribution in [0.25, 0.3) is 0 Å². The molecular formula is C22H22N4O5S2. The van der Waals surface area contributed by atoms with Gasteiger partial charge in [-0.25, -0.2) is 12.7 Å². The number of benzene rings is 2. The second-order valence-electron chi connectivity index (χ2n) is 7.91. The van der Waals surface area contributed by atoms with Crippen molar-refractivity contribution in [3.05, 3.63) is 64.1 Å². The number of rotatable bonds is 6. The number of carbonyl (C=O) groups is 1. The summed E-state index contributed by atoms with van der Waals surface area (Å²) in [5.74, 6) is 0.718. The first-order valence-electron chi connectivity index (χ1n) is 10.5. The standard InChI is InChI=1S/C22H22N4O5S2/c27-20(23-17-8-9-18-19(11-17)31-14-30-18)22-25-24-21(32-22)16-7-4-10-26(12-16)33(28,29)13-15-5-2-1-3-6-15/h1-3,5-6,8-9,11,16H,4,7,10,12-14H2,(H,23,27)/t16-/m0/s1. The van der Waals surface area contributed by atoms with E-state index in [2.05, 4.69) is 15.5 Å². The van der Waals surface area contributed by atoms with E-state index in [0.717, 1.165) is 18.4 Å². The molecule has 2 aromatic carbocycles. The van der Waals surface area contributed by atoms with Crippen LogP contribution < -0.4 is 14.8 Å². The Labute approximate surface area is 195 Å². The highest BCUT2D eigenvalue weighted by atomic mass is 32.2. The highest BCUT2D eigenvalue weighted by molar-refractivity contribution is 7.88. The van der Waals surface area contributed by atoms with Gasteiger partial charge in [-0.1, -0.05) is 41.7 Å². The fraction of sp³-hybridized carbons (Fsp3) is 0.318. The number of carbonyl (C=O) groups excluding carboxylic acids is 1. The van der Waals surface area contributed by atoms with Gasteiger partial charge in [-0.2, -0.15) is 0 Å². The molecule has 5 rings (SSSR count). The minimum absolute atomic E-state index is 0.0279. The molecule has 1 atom stereocenters. The van der Waals surface area contributed by atoms with E-state index in [1.165, 1.54) is 15.6 Å². The first-order valence-corrected chi connectivity index (χ1v) is 13.0. The van der Waals surface area contributed by atoms with Crippen molar-refractivity contribution in [3.8, 4) is 11.5 Å². The highest BCUT2D eigenvalue weighted by Crippen LogP contribution is 2.35. The molecule has 0 radical (unpaired) electrons. The fourth-order valence-electron chi connectivity index (χ4n) is 3.92. The molecule has 0 aliphatic carbocycles. The molecule has 3 heterocycles. The molecule has 9 nitrogen and oxygen atoms in total. The third-order valence-electron chi connectivity index (χ3n) is 5.58. The Morgan fingerprint density at radius 1 is 1.12 bits per heavy atom. The van der Waals surface area contributed by atoms with Gasteiger partial charge >= 0.3 is 0 Å². The van der Waals surface area contributed by atoms with Crippen LogP contribution in [0.5, 0.6) is 11.5 Å². The number of nitrogens with zero attached hydrogens (tertiary/aromatic N) is 3. The molecule has 33 heavy (non-hydrogen) atoms. The Morgan fingerprint density at radius 3 is 2.79 bits per heavy atom. The molecular weight excluding hydrogens is 464 g/mol. The minimum atomic E-state index is -3.44. The van der Waals surface area contributed by atoms with E-state index in [9.17, 15) is 13.2 Å². The van der Waals surface area contributed by atoms with Gasteiger partial charge in [-0.05, 0) is 30.5 Å². The first-order chi connectivity index (χ1) is 16.0. The van der Waals surface area contributed by atoms with Crippen molar-refractivity contribution in [2.24, 2.45) is 0 Å². The van der Waals surface area contributed by atoms with E-state index >= 15 is 0 Å². The molecule has 1 N–H and O–H groups in total. The Hall–Kier alpha value is -3.02. The zero-order valence-corrected chi connectivity index (χ0v) is 19.3. The van der Waals surface area contributed by atoms with Gasteiger partial charge in [0.1, 0.15) is 5.01 Å². The number of amides is 1. The predicted molar refractivity (Wildman–Crippen MR) is 123 cm³/mol. The fourth-order valence-corrected chi connectivity index (χ4v) is 6.40. The minimum Gasteiger partial charge on any atom is -0.454 e. The van der Waals surface area contributed by atoms with Crippen LogP contribution in [0.15, 0.2) is 48.5 Å². The maximum atomic E-state index is 12.9. The predicted octanol–water partition coefficient (Wildman–Crippen LogP) is 3.23. The molecule has 2 aliphatic rings. The molecule has 3 aromatic rings. The number of ether oxygens (including phenoxy) is 2. The van der Waals surface area contributed by atoms with E-state index in [0.29, 0.717) is 35.3 Å². The first kappa shape index (κ1) is 21.8. The molecule has 1 saturated heterocycles. The Bertz CT molecular complexity index is 1260. The molecule has 1 aromatic heterocycles. The maximum absolute atomic E-state index is 12.9. The SMILES string of the molecule is O=C(Nc1ccc2c(c1)OCO2)c1nnc([C@H]2CCCN(S(=O)(=O)Cc3ccccc3)C2)s1. The van der Waals surface area contributed by atoms with E-state index in [-0.39, 0.29) is 29.4 Å². The Morgan fingerprint density at radius 2 is 1.94 bits per heavy atom. The number of fused-ring (bicyclic) bond motifs is 1. The molecule has 2 aliphatic heterocycles. The molecule has 0 saturated carbocycles. The number of anilines is 1. The third kappa shape index (κ3) is 4.85. The number of hydrogen-bond donors (Lipinski definition) is 1. The normalized spacial score (nSPS) is 18.2. The van der Waals surface area contributed by atoms with Gasteiger partial charge < -0.3 is 14.8 Å². The van der Waals surface area contributed by atoms with E-state index in [1.54, 1.807) is 18.2 Å². The summed E-state index contributed by atoms with van der Waals surface area (Å²) in [5, 5.41) is 11.9. The smallest absolute Gasteiger partial charge is 0.286 e. The van der Waals surface area contributed by atoms with Crippen LogP contribution >= 0.6 is 11.3 Å². The van der Waals surface area contributed by atoms with Crippen LogP contribution in [-0.4, -0.2) is 48.7 Å². The van der Waals surface area contributed by atoms with Crippen LogP contribution in [0, 0.1) is 0 Å². The van der Waals surface area contributed by atoms with Crippen LogP contribution in [0.4, 0.5) is 5.69 Å². The van der Waals surface area contributed by atoms with E-state index in [1.807, 2.05) is 30.3 Å². The lowest BCUT2D eigenvalue weighted by Gasteiger charge is -2.30. The summed E-state index contributed by atoms with van der Waals surface area (Å²) < 4.78 is 38.0. The molecule has 0 unspecified atom stereocenters. The van der Waals surface area contributed by atoms with Gasteiger partial charge in [0.2, 0.25) is 21.8 Å². The summed E-state index contributed by atoms with van der Waals surface area (Å²) in [6.07, 6.45) is 1.53. The monoisotopic (exact) mass is 486 g/mol. The average Bonchev–Trinajstić information content (AvgIpc) is 3.49. The van der Waals surface area contributed by atoms with Crippen molar-refractivity contribution >= 4 is 33.0 Å². The van der Waals surface area contributed by atoms with Crippen molar-refractivity contribution in [1.82, 2.24) is 14.5 Å². The lowest BCUT2D eigenvalue weighted by atomic mass is 10.0. The van der Waals surface area contributed by atoms with Crippen molar-refractivity contribution in [2.45, 2.75) is 24.5 Å². The highest BCUT2D eigenvalue weighted by Gasteiger charge is 2.32. The summed E-state index contributed by atoms with van der Waals surface area (Å²) in [5.41, 5.74) is 1.33. The van der Waals surface area contributed by atoms with Gasteiger partial charge in [0.05, 0.1) is 5.75 Å². The lowest BCUT2D eigenvalue weighted by molar-refractivity contribution is 0.102. The second kappa shape index (κ2) is 9.08. The molecule has 11 heteroatoms.